The van der Waals surface area contributed by atoms with E-state index >= 15 is 0 Å². The lowest BCUT2D eigenvalue weighted by Gasteiger charge is -2.37. The number of para-hydroxylation sites is 2. The summed E-state index contributed by atoms with van der Waals surface area (Å²) in [7, 11) is 0. The molecule has 1 fully saturated rings. The van der Waals surface area contributed by atoms with E-state index in [4.69, 9.17) is 0 Å². The first-order chi connectivity index (χ1) is 16.7. The highest BCUT2D eigenvalue weighted by atomic mass is 16.2. The number of rotatable bonds is 6. The third-order valence-corrected chi connectivity index (χ3v) is 6.25. The maximum Gasteiger partial charge on any atom is 0.250 e. The minimum absolute atomic E-state index is 0.00838. The standard InChI is InChI=1S/C26H27N7O/c1-20(25(34)27-24-15-9-8-14-23(24)21-10-4-2-5-11-21)31-16-18-32(19-17-31)26-28-29-30-33(26)22-12-6-3-7-13-22/h2-15,20H,16-19H2,1H3,(H,27,34). The highest BCUT2D eigenvalue weighted by Crippen LogP contribution is 2.28. The first kappa shape index (κ1) is 21.8. The van der Waals surface area contributed by atoms with Gasteiger partial charge in [0.05, 0.1) is 11.7 Å². The summed E-state index contributed by atoms with van der Waals surface area (Å²) >= 11 is 0. The molecule has 172 valence electrons. The quantitative estimate of drug-likeness (QED) is 0.482. The van der Waals surface area contributed by atoms with Crippen LogP contribution in [0.15, 0.2) is 84.9 Å². The van der Waals surface area contributed by atoms with Gasteiger partial charge in [-0.05, 0) is 41.1 Å². The van der Waals surface area contributed by atoms with Crippen LogP contribution in [0, 0.1) is 0 Å². The van der Waals surface area contributed by atoms with Crippen LogP contribution in [-0.4, -0.2) is 63.2 Å². The van der Waals surface area contributed by atoms with Crippen molar-refractivity contribution in [2.24, 2.45) is 0 Å². The molecule has 8 heteroatoms. The fourth-order valence-electron chi connectivity index (χ4n) is 4.29. The number of hydrogen-bond donors (Lipinski definition) is 1. The maximum absolute atomic E-state index is 13.1. The zero-order valence-electron chi connectivity index (χ0n) is 19.1. The molecule has 2 heterocycles. The summed E-state index contributed by atoms with van der Waals surface area (Å²) in [6, 6.07) is 27.6. The van der Waals surface area contributed by atoms with Crippen LogP contribution in [0.1, 0.15) is 6.92 Å². The second kappa shape index (κ2) is 9.84. The van der Waals surface area contributed by atoms with Crippen LogP contribution in [0.5, 0.6) is 0 Å². The molecule has 1 aliphatic heterocycles. The SMILES string of the molecule is CC(C(=O)Nc1ccccc1-c1ccccc1)N1CCN(c2nnnn2-c2ccccc2)CC1. The molecule has 1 unspecified atom stereocenters. The number of anilines is 2. The van der Waals surface area contributed by atoms with Gasteiger partial charge in [0.25, 0.3) is 0 Å². The van der Waals surface area contributed by atoms with Crippen molar-refractivity contribution in [2.45, 2.75) is 13.0 Å². The Morgan fingerprint density at radius 2 is 1.50 bits per heavy atom. The largest absolute Gasteiger partial charge is 0.337 e. The molecule has 1 atom stereocenters. The summed E-state index contributed by atoms with van der Waals surface area (Å²) in [4.78, 5) is 17.5. The number of nitrogens with zero attached hydrogens (tertiary/aromatic N) is 6. The number of nitrogens with one attached hydrogen (secondary N) is 1. The molecule has 1 amide bonds. The van der Waals surface area contributed by atoms with E-state index in [9.17, 15) is 4.79 Å². The maximum atomic E-state index is 13.1. The molecule has 0 aliphatic carbocycles. The smallest absolute Gasteiger partial charge is 0.250 e. The molecule has 8 nitrogen and oxygen atoms in total. The van der Waals surface area contributed by atoms with Gasteiger partial charge in [0.2, 0.25) is 11.9 Å². The van der Waals surface area contributed by atoms with Gasteiger partial charge in [-0.1, -0.05) is 71.8 Å². The summed E-state index contributed by atoms with van der Waals surface area (Å²) in [5, 5.41) is 15.4. The molecule has 1 aromatic heterocycles. The van der Waals surface area contributed by atoms with E-state index in [2.05, 4.69) is 42.8 Å². The van der Waals surface area contributed by atoms with E-state index in [0.29, 0.717) is 0 Å². The Hall–Kier alpha value is -4.04. The predicted octanol–water partition coefficient (Wildman–Crippen LogP) is 3.48. The molecule has 0 radical (unpaired) electrons. The number of amides is 1. The monoisotopic (exact) mass is 453 g/mol. The number of aromatic nitrogens is 4. The summed E-state index contributed by atoms with van der Waals surface area (Å²) in [6.07, 6.45) is 0. The van der Waals surface area contributed by atoms with E-state index < -0.39 is 0 Å². The molecule has 1 aliphatic rings. The molecule has 0 spiro atoms. The molecular weight excluding hydrogens is 426 g/mol. The van der Waals surface area contributed by atoms with Crippen LogP contribution in [0.3, 0.4) is 0 Å². The van der Waals surface area contributed by atoms with Gasteiger partial charge in [0.15, 0.2) is 0 Å². The van der Waals surface area contributed by atoms with Gasteiger partial charge in [-0.2, -0.15) is 4.68 Å². The first-order valence-corrected chi connectivity index (χ1v) is 11.5. The summed E-state index contributed by atoms with van der Waals surface area (Å²) < 4.78 is 1.76. The molecule has 1 saturated heterocycles. The number of carbonyl (C=O) groups is 1. The summed E-state index contributed by atoms with van der Waals surface area (Å²) in [5.41, 5.74) is 3.85. The lowest BCUT2D eigenvalue weighted by Crippen LogP contribution is -2.53. The van der Waals surface area contributed by atoms with Crippen molar-refractivity contribution in [3.8, 4) is 16.8 Å². The Kier molecular flexibility index (Phi) is 6.31. The highest BCUT2D eigenvalue weighted by Gasteiger charge is 2.28. The fraction of sp³-hybridized carbons (Fsp3) is 0.231. The van der Waals surface area contributed by atoms with Crippen LogP contribution in [-0.2, 0) is 4.79 Å². The van der Waals surface area contributed by atoms with Crippen molar-refractivity contribution in [3.05, 3.63) is 84.9 Å². The normalized spacial score (nSPS) is 15.1. The minimum atomic E-state index is -0.254. The van der Waals surface area contributed by atoms with Crippen molar-refractivity contribution in [1.29, 1.82) is 0 Å². The van der Waals surface area contributed by atoms with Crippen LogP contribution in [0.4, 0.5) is 11.6 Å². The highest BCUT2D eigenvalue weighted by molar-refractivity contribution is 5.98. The van der Waals surface area contributed by atoms with Crippen molar-refractivity contribution in [2.75, 3.05) is 36.4 Å². The molecule has 1 N–H and O–H groups in total. The molecule has 34 heavy (non-hydrogen) atoms. The lowest BCUT2D eigenvalue weighted by atomic mass is 10.0. The van der Waals surface area contributed by atoms with Crippen molar-refractivity contribution < 1.29 is 4.79 Å². The van der Waals surface area contributed by atoms with Gasteiger partial charge in [-0.25, -0.2) is 0 Å². The zero-order valence-corrected chi connectivity index (χ0v) is 19.1. The van der Waals surface area contributed by atoms with Crippen molar-refractivity contribution in [1.82, 2.24) is 25.1 Å². The van der Waals surface area contributed by atoms with Crippen molar-refractivity contribution >= 4 is 17.5 Å². The molecular formula is C26H27N7O. The van der Waals surface area contributed by atoms with Crippen LogP contribution < -0.4 is 10.2 Å². The Morgan fingerprint density at radius 1 is 0.853 bits per heavy atom. The zero-order chi connectivity index (χ0) is 23.3. The predicted molar refractivity (Wildman–Crippen MR) is 133 cm³/mol. The lowest BCUT2D eigenvalue weighted by molar-refractivity contribution is -0.120. The van der Waals surface area contributed by atoms with E-state index in [1.165, 1.54) is 0 Å². The van der Waals surface area contributed by atoms with Crippen LogP contribution in [0.25, 0.3) is 16.8 Å². The molecule has 5 rings (SSSR count). The van der Waals surface area contributed by atoms with E-state index in [0.717, 1.165) is 54.6 Å². The van der Waals surface area contributed by atoms with Gasteiger partial charge in [0.1, 0.15) is 0 Å². The average Bonchev–Trinajstić information content (AvgIpc) is 3.40. The Bertz CT molecular complexity index is 1230. The summed E-state index contributed by atoms with van der Waals surface area (Å²) in [6.45, 7) is 4.94. The van der Waals surface area contributed by atoms with Gasteiger partial charge >= 0.3 is 0 Å². The number of piperazine rings is 1. The topological polar surface area (TPSA) is 79.2 Å². The minimum Gasteiger partial charge on any atom is -0.337 e. The Labute approximate surface area is 198 Å². The Balaban J connectivity index is 1.23. The second-order valence-electron chi connectivity index (χ2n) is 8.33. The van der Waals surface area contributed by atoms with E-state index in [1.54, 1.807) is 4.68 Å². The van der Waals surface area contributed by atoms with Gasteiger partial charge < -0.3 is 10.2 Å². The van der Waals surface area contributed by atoms with Gasteiger partial charge in [-0.15, -0.1) is 0 Å². The fourth-order valence-corrected chi connectivity index (χ4v) is 4.29. The summed E-state index contributed by atoms with van der Waals surface area (Å²) in [5.74, 6) is 0.714. The van der Waals surface area contributed by atoms with E-state index in [-0.39, 0.29) is 11.9 Å². The molecule has 0 saturated carbocycles. The first-order valence-electron chi connectivity index (χ1n) is 11.5. The number of tetrazole rings is 1. The average molecular weight is 454 g/mol. The number of hydrogen-bond acceptors (Lipinski definition) is 6. The molecule has 0 bridgehead atoms. The van der Waals surface area contributed by atoms with E-state index in [1.807, 2.05) is 79.7 Å². The van der Waals surface area contributed by atoms with Gasteiger partial charge in [-0.3, -0.25) is 9.69 Å². The number of carbonyl (C=O) groups excluding carboxylic acids is 1. The van der Waals surface area contributed by atoms with Crippen molar-refractivity contribution in [3.63, 3.8) is 0 Å². The van der Waals surface area contributed by atoms with Crippen LogP contribution in [0.2, 0.25) is 0 Å². The molecule has 4 aromatic rings. The second-order valence-corrected chi connectivity index (χ2v) is 8.33. The third kappa shape index (κ3) is 4.53. The molecule has 3 aromatic carbocycles. The van der Waals surface area contributed by atoms with Gasteiger partial charge in [0, 0.05) is 37.4 Å². The Morgan fingerprint density at radius 3 is 2.24 bits per heavy atom. The third-order valence-electron chi connectivity index (χ3n) is 6.25. The van der Waals surface area contributed by atoms with Crippen LogP contribution >= 0.6 is 0 Å². The number of benzene rings is 3.